The predicted molar refractivity (Wildman–Crippen MR) is 157 cm³/mol. The third-order valence-corrected chi connectivity index (χ3v) is 7.26. The highest BCUT2D eigenvalue weighted by Gasteiger charge is 2.32. The highest BCUT2D eigenvalue weighted by atomic mass is 19.4. The third kappa shape index (κ3) is 6.91. The van der Waals surface area contributed by atoms with E-state index in [1.54, 1.807) is 42.4 Å². The lowest BCUT2D eigenvalue weighted by atomic mass is 9.94. The molecule has 3 heterocycles. The molecule has 0 aliphatic carbocycles. The van der Waals surface area contributed by atoms with Crippen LogP contribution in [0.4, 0.5) is 30.5 Å². The minimum atomic E-state index is -4.61. The topological polar surface area (TPSA) is 105 Å². The van der Waals surface area contributed by atoms with Crippen molar-refractivity contribution >= 4 is 29.1 Å². The summed E-state index contributed by atoms with van der Waals surface area (Å²) in [5, 5.41) is 5.76. The molecule has 0 spiro atoms. The summed E-state index contributed by atoms with van der Waals surface area (Å²) in [6, 6.07) is 10.1. The van der Waals surface area contributed by atoms with Crippen LogP contribution in [0.3, 0.4) is 0 Å². The molecule has 2 N–H and O–H groups in total. The number of carbonyl (C=O) groups is 2. The minimum Gasteiger partial charge on any atom is -0.339 e. The Hall–Kier alpha value is -5.00. The number of carbonyl (C=O) groups excluding carboxylic acids is 2. The number of imidazole rings is 1. The van der Waals surface area contributed by atoms with Crippen molar-refractivity contribution in [2.75, 3.05) is 23.7 Å². The molecule has 0 saturated carbocycles. The van der Waals surface area contributed by atoms with E-state index in [1.807, 2.05) is 13.0 Å². The first kappa shape index (κ1) is 29.5. The Morgan fingerprint density at radius 3 is 2.63 bits per heavy atom. The number of aryl methyl sites for hydroxylation is 2. The maximum atomic E-state index is 13.7. The average molecular weight is 590 g/mol. The highest BCUT2D eigenvalue weighted by molar-refractivity contribution is 6.05. The number of anilines is 3. The maximum absolute atomic E-state index is 13.7. The number of hydrogen-bond donors (Lipinski definition) is 2. The van der Waals surface area contributed by atoms with Gasteiger partial charge in [-0.1, -0.05) is 12.6 Å². The number of halogens is 3. The van der Waals surface area contributed by atoms with E-state index in [9.17, 15) is 22.8 Å². The van der Waals surface area contributed by atoms with E-state index < -0.39 is 17.6 Å². The zero-order valence-electron chi connectivity index (χ0n) is 23.7. The van der Waals surface area contributed by atoms with Crippen LogP contribution < -0.4 is 10.6 Å². The molecule has 2 aromatic heterocycles. The lowest BCUT2D eigenvalue weighted by Gasteiger charge is -2.31. The molecule has 1 unspecified atom stereocenters. The fraction of sp³-hybridized carbons (Fsp3) is 0.258. The standard InChI is InChI=1S/C31H30F3N7O2/c1-4-28(42)40-11-5-6-22(17-40)26-9-10-35-30(38-26)39-27-12-21(8-7-19(27)2)29(43)37-24-13-23(31(32,33)34)14-25(15-24)41-16-20(3)36-18-41/h4,7-10,12-16,18,22H,1,5-6,11,17H2,2-3H3,(H,37,43)(H,35,38,39). The second-order valence-corrected chi connectivity index (χ2v) is 10.4. The van der Waals surface area contributed by atoms with Crippen molar-refractivity contribution in [2.45, 2.75) is 38.8 Å². The van der Waals surface area contributed by atoms with E-state index in [0.29, 0.717) is 30.4 Å². The van der Waals surface area contributed by atoms with Gasteiger partial charge in [-0.05, 0) is 74.7 Å². The van der Waals surface area contributed by atoms with Crippen molar-refractivity contribution in [3.05, 3.63) is 102 Å². The summed E-state index contributed by atoms with van der Waals surface area (Å²) in [5.41, 5.74) is 2.34. The first-order chi connectivity index (χ1) is 20.5. The van der Waals surface area contributed by atoms with E-state index in [0.717, 1.165) is 36.2 Å². The van der Waals surface area contributed by atoms with Gasteiger partial charge >= 0.3 is 6.18 Å². The molecule has 1 atom stereocenters. The molecule has 1 aliphatic heterocycles. The number of likely N-dealkylation sites (tertiary alicyclic amines) is 1. The van der Waals surface area contributed by atoms with Crippen LogP contribution in [0.25, 0.3) is 5.69 Å². The quantitative estimate of drug-likeness (QED) is 0.249. The SMILES string of the molecule is C=CC(=O)N1CCCC(c2ccnc(Nc3cc(C(=O)Nc4cc(-n5cnc(C)c5)cc(C(F)(F)F)c4)ccc3C)n2)C1. The molecule has 2 aromatic carbocycles. The van der Waals surface area contributed by atoms with Crippen molar-refractivity contribution in [1.82, 2.24) is 24.4 Å². The van der Waals surface area contributed by atoms with Gasteiger partial charge in [0.25, 0.3) is 5.91 Å². The molecule has 43 heavy (non-hydrogen) atoms. The van der Waals surface area contributed by atoms with Gasteiger partial charge in [-0.25, -0.2) is 15.0 Å². The van der Waals surface area contributed by atoms with Gasteiger partial charge in [0.1, 0.15) is 0 Å². The van der Waals surface area contributed by atoms with Crippen LogP contribution in [0.5, 0.6) is 0 Å². The Bertz CT molecular complexity index is 1680. The lowest BCUT2D eigenvalue weighted by molar-refractivity contribution is -0.137. The van der Waals surface area contributed by atoms with Gasteiger partial charge in [0.05, 0.1) is 23.3 Å². The number of alkyl halides is 3. The number of nitrogens with one attached hydrogen (secondary N) is 2. The first-order valence-electron chi connectivity index (χ1n) is 13.7. The van der Waals surface area contributed by atoms with Crippen LogP contribution >= 0.6 is 0 Å². The fourth-order valence-electron chi connectivity index (χ4n) is 4.99. The Balaban J connectivity index is 1.36. The molecule has 12 heteroatoms. The van der Waals surface area contributed by atoms with Crippen molar-refractivity contribution in [3.8, 4) is 5.69 Å². The summed E-state index contributed by atoms with van der Waals surface area (Å²) in [6.07, 6.45) is 3.08. The molecular weight excluding hydrogens is 559 g/mol. The summed E-state index contributed by atoms with van der Waals surface area (Å²) in [5.74, 6) is -0.327. The summed E-state index contributed by atoms with van der Waals surface area (Å²) in [7, 11) is 0. The van der Waals surface area contributed by atoms with Crippen LogP contribution in [-0.2, 0) is 11.0 Å². The van der Waals surface area contributed by atoms with E-state index in [1.165, 1.54) is 23.0 Å². The van der Waals surface area contributed by atoms with Crippen molar-refractivity contribution in [2.24, 2.45) is 0 Å². The third-order valence-electron chi connectivity index (χ3n) is 7.26. The van der Waals surface area contributed by atoms with Crippen LogP contribution in [0.2, 0.25) is 0 Å². The molecule has 1 saturated heterocycles. The van der Waals surface area contributed by atoms with Crippen molar-refractivity contribution < 1.29 is 22.8 Å². The zero-order chi connectivity index (χ0) is 30.7. The Morgan fingerprint density at radius 1 is 1.09 bits per heavy atom. The number of aromatic nitrogens is 4. The maximum Gasteiger partial charge on any atom is 0.416 e. The largest absolute Gasteiger partial charge is 0.416 e. The molecule has 9 nitrogen and oxygen atoms in total. The smallest absolute Gasteiger partial charge is 0.339 e. The number of rotatable bonds is 7. The van der Waals surface area contributed by atoms with Gasteiger partial charge in [-0.2, -0.15) is 13.2 Å². The monoisotopic (exact) mass is 589 g/mol. The Morgan fingerprint density at radius 2 is 1.91 bits per heavy atom. The molecule has 4 aromatic rings. The highest BCUT2D eigenvalue weighted by Crippen LogP contribution is 2.33. The second kappa shape index (κ2) is 12.1. The summed E-state index contributed by atoms with van der Waals surface area (Å²) < 4.78 is 42.5. The number of benzene rings is 2. The van der Waals surface area contributed by atoms with E-state index >= 15 is 0 Å². The van der Waals surface area contributed by atoms with Gasteiger partial charge in [0, 0.05) is 54.0 Å². The number of hydrogen-bond acceptors (Lipinski definition) is 6. The Labute approximate surface area is 246 Å². The van der Waals surface area contributed by atoms with Crippen molar-refractivity contribution in [3.63, 3.8) is 0 Å². The van der Waals surface area contributed by atoms with Crippen LogP contribution in [0, 0.1) is 13.8 Å². The van der Waals surface area contributed by atoms with E-state index in [-0.39, 0.29) is 28.8 Å². The van der Waals surface area contributed by atoms with Crippen molar-refractivity contribution in [1.29, 1.82) is 0 Å². The van der Waals surface area contributed by atoms with Gasteiger partial charge in [0.2, 0.25) is 11.9 Å². The normalized spacial score (nSPS) is 15.2. The van der Waals surface area contributed by atoms with Crippen LogP contribution in [0.1, 0.15) is 51.6 Å². The molecule has 222 valence electrons. The fourth-order valence-corrected chi connectivity index (χ4v) is 4.99. The van der Waals surface area contributed by atoms with E-state index in [4.69, 9.17) is 0 Å². The molecule has 0 radical (unpaired) electrons. The molecule has 0 bridgehead atoms. The number of piperidine rings is 1. The lowest BCUT2D eigenvalue weighted by Crippen LogP contribution is -2.38. The van der Waals surface area contributed by atoms with Gasteiger partial charge < -0.3 is 20.1 Å². The molecule has 1 fully saturated rings. The summed E-state index contributed by atoms with van der Waals surface area (Å²) >= 11 is 0. The zero-order valence-corrected chi connectivity index (χ0v) is 23.7. The molecule has 2 amide bonds. The second-order valence-electron chi connectivity index (χ2n) is 10.4. The molecule has 1 aliphatic rings. The molecule has 5 rings (SSSR count). The van der Waals surface area contributed by atoms with Crippen LogP contribution in [0.15, 0.2) is 73.8 Å². The number of nitrogens with zero attached hydrogens (tertiary/aromatic N) is 5. The first-order valence-corrected chi connectivity index (χ1v) is 13.7. The van der Waals surface area contributed by atoms with Crippen LogP contribution in [-0.4, -0.2) is 49.3 Å². The molecular formula is C31H30F3N7O2. The van der Waals surface area contributed by atoms with E-state index in [2.05, 4.69) is 32.2 Å². The summed E-state index contributed by atoms with van der Waals surface area (Å²) in [4.78, 5) is 40.1. The Kier molecular flexibility index (Phi) is 8.29. The number of amides is 2. The van der Waals surface area contributed by atoms with Gasteiger partial charge in [0.15, 0.2) is 0 Å². The summed E-state index contributed by atoms with van der Waals surface area (Å²) in [6.45, 7) is 8.36. The predicted octanol–water partition coefficient (Wildman–Crippen LogP) is 6.19. The average Bonchev–Trinajstić information content (AvgIpc) is 3.43. The van der Waals surface area contributed by atoms with Gasteiger partial charge in [-0.3, -0.25) is 9.59 Å². The minimum absolute atomic E-state index is 0.0104. The van der Waals surface area contributed by atoms with Gasteiger partial charge in [-0.15, -0.1) is 0 Å².